The van der Waals surface area contributed by atoms with Crippen molar-refractivity contribution in [1.82, 2.24) is 14.5 Å². The van der Waals surface area contributed by atoms with Crippen LogP contribution in [0.2, 0.25) is 0 Å². The zero-order valence-electron chi connectivity index (χ0n) is 12.6. The Labute approximate surface area is 119 Å². The van der Waals surface area contributed by atoms with E-state index in [9.17, 15) is 4.79 Å². The van der Waals surface area contributed by atoms with Gasteiger partial charge >= 0.3 is 5.97 Å². The van der Waals surface area contributed by atoms with Gasteiger partial charge in [0.2, 0.25) is 0 Å². The van der Waals surface area contributed by atoms with E-state index in [1.165, 1.54) is 7.11 Å². The lowest BCUT2D eigenvalue weighted by Crippen LogP contribution is -2.47. The third kappa shape index (κ3) is 3.19. The number of imidazole rings is 1. The number of hydrogen-bond donors (Lipinski definition) is 0. The second kappa shape index (κ2) is 6.37. The van der Waals surface area contributed by atoms with Crippen molar-refractivity contribution in [1.29, 1.82) is 0 Å². The van der Waals surface area contributed by atoms with Crippen LogP contribution >= 0.6 is 0 Å². The Kier molecular flexibility index (Phi) is 4.77. The highest BCUT2D eigenvalue weighted by atomic mass is 16.5. The smallest absolute Gasteiger partial charge is 0.356 e. The van der Waals surface area contributed by atoms with Crippen LogP contribution in [-0.4, -0.2) is 59.4 Å². The van der Waals surface area contributed by atoms with Gasteiger partial charge in [0.25, 0.3) is 0 Å². The van der Waals surface area contributed by atoms with Crippen molar-refractivity contribution in [3.05, 3.63) is 17.7 Å². The number of carbonyl (C=O) groups excluding carboxylic acids is 1. The summed E-state index contributed by atoms with van der Waals surface area (Å²) in [4.78, 5) is 18.3. The summed E-state index contributed by atoms with van der Waals surface area (Å²) in [5.74, 6) is 0.442. The summed E-state index contributed by atoms with van der Waals surface area (Å²) >= 11 is 0. The van der Waals surface area contributed by atoms with E-state index in [0.29, 0.717) is 18.3 Å². The molecule has 1 unspecified atom stereocenters. The molecule has 0 radical (unpaired) electrons. The fourth-order valence-corrected chi connectivity index (χ4v) is 2.49. The topological polar surface area (TPSA) is 56.6 Å². The van der Waals surface area contributed by atoms with Gasteiger partial charge in [-0.1, -0.05) is 0 Å². The molecule has 0 aromatic carbocycles. The van der Waals surface area contributed by atoms with Crippen molar-refractivity contribution in [2.75, 3.05) is 26.8 Å². The minimum atomic E-state index is -0.359. The number of ether oxygens (including phenoxy) is 2. The lowest BCUT2D eigenvalue weighted by atomic mass is 10.2. The summed E-state index contributed by atoms with van der Waals surface area (Å²) in [6, 6.07) is 0.505. The average molecular weight is 281 g/mol. The number of rotatable bonds is 4. The van der Waals surface area contributed by atoms with Crippen molar-refractivity contribution in [2.45, 2.75) is 39.5 Å². The van der Waals surface area contributed by atoms with Crippen LogP contribution in [0.15, 0.2) is 6.20 Å². The van der Waals surface area contributed by atoms with Gasteiger partial charge in [-0.3, -0.25) is 4.90 Å². The molecular weight excluding hydrogens is 258 g/mol. The fourth-order valence-electron chi connectivity index (χ4n) is 2.49. The summed E-state index contributed by atoms with van der Waals surface area (Å²) in [5.41, 5.74) is 0.482. The number of hydrogen-bond acceptors (Lipinski definition) is 5. The maximum atomic E-state index is 11.7. The molecule has 0 bridgehead atoms. The maximum Gasteiger partial charge on any atom is 0.356 e. The van der Waals surface area contributed by atoms with Crippen LogP contribution in [0.25, 0.3) is 0 Å². The van der Waals surface area contributed by atoms with Crippen LogP contribution in [0.4, 0.5) is 0 Å². The van der Waals surface area contributed by atoms with E-state index in [0.717, 1.165) is 25.5 Å². The summed E-state index contributed by atoms with van der Waals surface area (Å²) in [6.45, 7) is 9.44. The molecule has 6 nitrogen and oxygen atoms in total. The lowest BCUT2D eigenvalue weighted by Gasteiger charge is -2.35. The SMILES string of the molecule is COC(=O)c1cnc(C)n1CC1CN(C(C)C)CCO1. The Morgan fingerprint density at radius 3 is 3.00 bits per heavy atom. The molecule has 0 saturated carbocycles. The molecule has 1 fully saturated rings. The molecule has 6 heteroatoms. The minimum Gasteiger partial charge on any atom is -0.464 e. The number of aryl methyl sites for hydroxylation is 1. The Morgan fingerprint density at radius 2 is 2.35 bits per heavy atom. The normalized spacial score (nSPS) is 20.4. The molecule has 2 rings (SSSR count). The number of nitrogens with zero attached hydrogens (tertiary/aromatic N) is 3. The molecule has 1 saturated heterocycles. The number of carbonyl (C=O) groups is 1. The number of morpholine rings is 1. The number of esters is 1. The Hall–Kier alpha value is -1.40. The van der Waals surface area contributed by atoms with Gasteiger partial charge in [-0.2, -0.15) is 0 Å². The number of methoxy groups -OCH3 is 1. The van der Waals surface area contributed by atoms with E-state index in [1.807, 2.05) is 11.5 Å². The van der Waals surface area contributed by atoms with Crippen molar-refractivity contribution in [3.63, 3.8) is 0 Å². The van der Waals surface area contributed by atoms with Gasteiger partial charge in [0.05, 0.1) is 32.6 Å². The van der Waals surface area contributed by atoms with Gasteiger partial charge in [-0.15, -0.1) is 0 Å². The first-order chi connectivity index (χ1) is 9.52. The molecule has 1 aromatic heterocycles. The standard InChI is InChI=1S/C14H23N3O3/c1-10(2)16-5-6-20-12(8-16)9-17-11(3)15-7-13(17)14(18)19-4/h7,10,12H,5-6,8-9H2,1-4H3. The maximum absolute atomic E-state index is 11.7. The Balaban J connectivity index is 2.10. The molecule has 20 heavy (non-hydrogen) atoms. The van der Waals surface area contributed by atoms with E-state index in [1.54, 1.807) is 6.20 Å². The van der Waals surface area contributed by atoms with Crippen molar-refractivity contribution >= 4 is 5.97 Å². The molecule has 112 valence electrons. The fraction of sp³-hybridized carbons (Fsp3) is 0.714. The molecular formula is C14H23N3O3. The highest BCUT2D eigenvalue weighted by Gasteiger charge is 2.25. The van der Waals surface area contributed by atoms with Crippen LogP contribution in [0.1, 0.15) is 30.2 Å². The van der Waals surface area contributed by atoms with Crippen molar-refractivity contribution in [3.8, 4) is 0 Å². The van der Waals surface area contributed by atoms with Gasteiger partial charge in [-0.25, -0.2) is 9.78 Å². The summed E-state index contributed by atoms with van der Waals surface area (Å²) < 4.78 is 12.5. The van der Waals surface area contributed by atoms with Crippen LogP contribution in [0.3, 0.4) is 0 Å². The molecule has 0 aliphatic carbocycles. The molecule has 1 aliphatic heterocycles. The van der Waals surface area contributed by atoms with Crippen molar-refractivity contribution < 1.29 is 14.3 Å². The van der Waals surface area contributed by atoms with Gasteiger partial charge in [-0.05, 0) is 20.8 Å². The van der Waals surface area contributed by atoms with Crippen LogP contribution in [0.5, 0.6) is 0 Å². The molecule has 0 N–H and O–H groups in total. The highest BCUT2D eigenvalue weighted by molar-refractivity contribution is 5.87. The molecule has 1 aromatic rings. The van der Waals surface area contributed by atoms with E-state index in [2.05, 4.69) is 23.7 Å². The zero-order chi connectivity index (χ0) is 14.7. The predicted molar refractivity (Wildman–Crippen MR) is 74.8 cm³/mol. The Morgan fingerprint density at radius 1 is 1.60 bits per heavy atom. The van der Waals surface area contributed by atoms with Crippen molar-refractivity contribution in [2.24, 2.45) is 0 Å². The average Bonchev–Trinajstić information content (AvgIpc) is 2.80. The predicted octanol–water partition coefficient (Wildman–Crippen LogP) is 1.09. The quantitative estimate of drug-likeness (QED) is 0.773. The Bertz CT molecular complexity index is 470. The van der Waals surface area contributed by atoms with E-state index in [4.69, 9.17) is 9.47 Å². The van der Waals surface area contributed by atoms with Gasteiger partial charge < -0.3 is 14.0 Å². The van der Waals surface area contributed by atoms with Gasteiger partial charge in [0, 0.05) is 19.1 Å². The summed E-state index contributed by atoms with van der Waals surface area (Å²) in [5, 5.41) is 0. The van der Waals surface area contributed by atoms with Crippen LogP contribution in [0, 0.1) is 6.92 Å². The lowest BCUT2D eigenvalue weighted by molar-refractivity contribution is -0.0461. The molecule has 0 amide bonds. The number of aromatic nitrogens is 2. The van der Waals surface area contributed by atoms with Crippen LogP contribution < -0.4 is 0 Å². The molecule has 1 aliphatic rings. The second-order valence-electron chi connectivity index (χ2n) is 5.37. The van der Waals surface area contributed by atoms with Crippen LogP contribution in [-0.2, 0) is 16.0 Å². The summed E-state index contributed by atoms with van der Waals surface area (Å²) in [7, 11) is 1.38. The minimum absolute atomic E-state index is 0.0717. The third-order valence-electron chi connectivity index (χ3n) is 3.74. The first-order valence-corrected chi connectivity index (χ1v) is 6.99. The molecule has 0 spiro atoms. The summed E-state index contributed by atoms with van der Waals surface area (Å²) in [6.07, 6.45) is 1.63. The molecule has 2 heterocycles. The van der Waals surface area contributed by atoms with Gasteiger partial charge in [0.1, 0.15) is 11.5 Å². The highest BCUT2D eigenvalue weighted by Crippen LogP contribution is 2.14. The zero-order valence-corrected chi connectivity index (χ0v) is 12.6. The van der Waals surface area contributed by atoms with E-state index >= 15 is 0 Å². The largest absolute Gasteiger partial charge is 0.464 e. The van der Waals surface area contributed by atoms with E-state index < -0.39 is 0 Å². The first-order valence-electron chi connectivity index (χ1n) is 6.99. The van der Waals surface area contributed by atoms with Gasteiger partial charge in [0.15, 0.2) is 0 Å². The molecule has 1 atom stereocenters. The first kappa shape index (κ1) is 15.0. The second-order valence-corrected chi connectivity index (χ2v) is 5.37. The van der Waals surface area contributed by atoms with E-state index in [-0.39, 0.29) is 12.1 Å². The third-order valence-corrected chi connectivity index (χ3v) is 3.74. The monoisotopic (exact) mass is 281 g/mol.